The molecule has 20 heavy (non-hydrogen) atoms. The van der Waals surface area contributed by atoms with E-state index in [1.54, 1.807) is 14.2 Å². The highest BCUT2D eigenvalue weighted by Crippen LogP contribution is 2.40. The number of methoxy groups -OCH3 is 2. The van der Waals surface area contributed by atoms with Crippen LogP contribution in [-0.2, 0) is 0 Å². The third kappa shape index (κ3) is 2.11. The molecule has 0 aliphatic carbocycles. The number of ether oxygens (including phenoxy) is 2. The topological polar surface area (TPSA) is 31.4 Å². The van der Waals surface area contributed by atoms with E-state index in [0.717, 1.165) is 21.3 Å². The Morgan fingerprint density at radius 3 is 2.45 bits per heavy atom. The molecule has 5 heteroatoms. The maximum Gasteiger partial charge on any atom is 0.162 e. The van der Waals surface area contributed by atoms with E-state index in [0.29, 0.717) is 16.5 Å². The van der Waals surface area contributed by atoms with Crippen molar-refractivity contribution in [2.45, 2.75) is 0 Å². The van der Waals surface area contributed by atoms with Crippen LogP contribution < -0.4 is 9.47 Å². The molecule has 0 saturated carbocycles. The summed E-state index contributed by atoms with van der Waals surface area (Å²) in [7, 11) is 3.25. The van der Waals surface area contributed by atoms with E-state index in [1.165, 1.54) is 11.5 Å². The Labute approximate surface area is 125 Å². The van der Waals surface area contributed by atoms with Gasteiger partial charge in [0.05, 0.1) is 29.6 Å². The third-order valence-corrected chi connectivity index (χ3v) is 4.24. The van der Waals surface area contributed by atoms with E-state index < -0.39 is 0 Å². The van der Waals surface area contributed by atoms with Gasteiger partial charge >= 0.3 is 0 Å². The second kappa shape index (κ2) is 5.31. The second-order valence-electron chi connectivity index (χ2n) is 4.21. The van der Waals surface area contributed by atoms with Crippen LogP contribution >= 0.6 is 23.1 Å². The molecule has 0 aliphatic rings. The Kier molecular flexibility index (Phi) is 3.51. The van der Waals surface area contributed by atoms with Crippen LogP contribution in [0.3, 0.4) is 0 Å². The van der Waals surface area contributed by atoms with E-state index >= 15 is 0 Å². The molecular formula is C15H12ClNO2S. The van der Waals surface area contributed by atoms with E-state index in [1.807, 2.05) is 36.4 Å². The lowest BCUT2D eigenvalue weighted by Crippen LogP contribution is -1.90. The molecule has 3 rings (SSSR count). The summed E-state index contributed by atoms with van der Waals surface area (Å²) in [4.78, 5) is 0. The fraction of sp³-hybridized carbons (Fsp3) is 0.133. The highest BCUT2D eigenvalue weighted by molar-refractivity contribution is 7.13. The second-order valence-corrected chi connectivity index (χ2v) is 5.43. The van der Waals surface area contributed by atoms with Crippen LogP contribution in [0.5, 0.6) is 11.5 Å². The first-order valence-corrected chi connectivity index (χ1v) is 7.16. The SMILES string of the molecule is COc1cc2snc(-c3ccccc3Cl)c2cc1OC. The van der Waals surface area contributed by atoms with Gasteiger partial charge in [-0.15, -0.1) is 0 Å². The molecule has 102 valence electrons. The van der Waals surface area contributed by atoms with E-state index in [9.17, 15) is 0 Å². The number of aromatic nitrogens is 1. The molecule has 0 aliphatic heterocycles. The quantitative estimate of drug-likeness (QED) is 0.706. The Morgan fingerprint density at radius 2 is 1.75 bits per heavy atom. The molecule has 3 aromatic rings. The van der Waals surface area contributed by atoms with Gasteiger partial charge in [-0.25, -0.2) is 0 Å². The number of hydrogen-bond acceptors (Lipinski definition) is 4. The molecule has 2 aromatic carbocycles. The molecule has 3 nitrogen and oxygen atoms in total. The lowest BCUT2D eigenvalue weighted by Gasteiger charge is -2.07. The molecule has 0 unspecified atom stereocenters. The van der Waals surface area contributed by atoms with Crippen molar-refractivity contribution >= 4 is 33.2 Å². The number of benzene rings is 2. The van der Waals surface area contributed by atoms with Crippen LogP contribution in [0.25, 0.3) is 21.3 Å². The zero-order valence-electron chi connectivity index (χ0n) is 11.0. The maximum absolute atomic E-state index is 6.26. The Morgan fingerprint density at radius 1 is 1.05 bits per heavy atom. The van der Waals surface area contributed by atoms with Crippen molar-refractivity contribution in [3.05, 3.63) is 41.4 Å². The lowest BCUT2D eigenvalue weighted by atomic mass is 10.1. The van der Waals surface area contributed by atoms with E-state index in [4.69, 9.17) is 21.1 Å². The van der Waals surface area contributed by atoms with Gasteiger partial charge in [-0.05, 0) is 23.7 Å². The normalized spacial score (nSPS) is 10.8. The van der Waals surface area contributed by atoms with Gasteiger partial charge in [0.25, 0.3) is 0 Å². The van der Waals surface area contributed by atoms with Crippen LogP contribution in [-0.4, -0.2) is 18.6 Å². The minimum absolute atomic E-state index is 0.688. The van der Waals surface area contributed by atoms with Crippen LogP contribution in [0, 0.1) is 0 Å². The molecule has 0 amide bonds. The zero-order chi connectivity index (χ0) is 14.1. The smallest absolute Gasteiger partial charge is 0.162 e. The fourth-order valence-corrected chi connectivity index (χ4v) is 3.14. The number of nitrogens with zero attached hydrogens (tertiary/aromatic N) is 1. The highest BCUT2D eigenvalue weighted by atomic mass is 35.5. The fourth-order valence-electron chi connectivity index (χ4n) is 2.11. The van der Waals surface area contributed by atoms with Crippen LogP contribution in [0.2, 0.25) is 5.02 Å². The van der Waals surface area contributed by atoms with Crippen molar-refractivity contribution in [1.82, 2.24) is 4.37 Å². The molecule has 0 atom stereocenters. The summed E-state index contributed by atoms with van der Waals surface area (Å²) < 4.78 is 16.2. The van der Waals surface area contributed by atoms with Crippen LogP contribution in [0.15, 0.2) is 36.4 Å². The first-order valence-electron chi connectivity index (χ1n) is 6.01. The van der Waals surface area contributed by atoms with Crippen molar-refractivity contribution < 1.29 is 9.47 Å². The predicted octanol–water partition coefficient (Wildman–Crippen LogP) is 4.63. The van der Waals surface area contributed by atoms with Crippen LogP contribution in [0.4, 0.5) is 0 Å². The third-order valence-electron chi connectivity index (χ3n) is 3.11. The Bertz CT molecular complexity index is 770. The summed E-state index contributed by atoms with van der Waals surface area (Å²) in [5.74, 6) is 1.39. The van der Waals surface area contributed by atoms with Crippen molar-refractivity contribution in [2.75, 3.05) is 14.2 Å². The summed E-state index contributed by atoms with van der Waals surface area (Å²) in [6.07, 6.45) is 0. The summed E-state index contributed by atoms with van der Waals surface area (Å²) in [5.41, 5.74) is 1.80. The lowest BCUT2D eigenvalue weighted by molar-refractivity contribution is 0.356. The minimum atomic E-state index is 0.688. The van der Waals surface area contributed by atoms with Gasteiger partial charge in [-0.1, -0.05) is 29.8 Å². The van der Waals surface area contributed by atoms with E-state index in [-0.39, 0.29) is 0 Å². The molecule has 0 radical (unpaired) electrons. The van der Waals surface area contributed by atoms with Gasteiger partial charge in [0, 0.05) is 17.0 Å². The van der Waals surface area contributed by atoms with Crippen molar-refractivity contribution in [3.8, 4) is 22.8 Å². The molecule has 0 saturated heterocycles. The van der Waals surface area contributed by atoms with Crippen molar-refractivity contribution in [2.24, 2.45) is 0 Å². The number of halogens is 1. The maximum atomic E-state index is 6.26. The van der Waals surface area contributed by atoms with Gasteiger partial charge in [0.15, 0.2) is 11.5 Å². The number of rotatable bonds is 3. The first kappa shape index (κ1) is 13.2. The number of fused-ring (bicyclic) bond motifs is 1. The van der Waals surface area contributed by atoms with Gasteiger partial charge in [0.1, 0.15) is 0 Å². The van der Waals surface area contributed by atoms with E-state index in [2.05, 4.69) is 4.37 Å². The van der Waals surface area contributed by atoms with Gasteiger partial charge in [-0.2, -0.15) is 4.37 Å². The summed E-state index contributed by atoms with van der Waals surface area (Å²) in [6, 6.07) is 11.6. The average Bonchev–Trinajstić information content (AvgIpc) is 2.89. The minimum Gasteiger partial charge on any atom is -0.493 e. The molecule has 1 heterocycles. The molecular weight excluding hydrogens is 294 g/mol. The Balaban J connectivity index is 2.26. The standard InChI is InChI=1S/C15H12ClNO2S/c1-18-12-7-10-14(8-13(12)19-2)20-17-15(10)9-5-3-4-6-11(9)16/h3-8H,1-2H3. The van der Waals surface area contributed by atoms with Crippen molar-refractivity contribution in [1.29, 1.82) is 0 Å². The molecule has 0 spiro atoms. The molecule has 0 N–H and O–H groups in total. The predicted molar refractivity (Wildman–Crippen MR) is 83.2 cm³/mol. The van der Waals surface area contributed by atoms with Crippen molar-refractivity contribution in [3.63, 3.8) is 0 Å². The summed E-state index contributed by atoms with van der Waals surface area (Å²) in [5, 5.41) is 1.70. The zero-order valence-corrected chi connectivity index (χ0v) is 12.6. The molecule has 0 bridgehead atoms. The summed E-state index contributed by atoms with van der Waals surface area (Å²) >= 11 is 7.68. The monoisotopic (exact) mass is 305 g/mol. The van der Waals surface area contributed by atoms with Gasteiger partial charge < -0.3 is 9.47 Å². The summed E-state index contributed by atoms with van der Waals surface area (Å²) in [6.45, 7) is 0. The highest BCUT2D eigenvalue weighted by Gasteiger charge is 2.15. The number of hydrogen-bond donors (Lipinski definition) is 0. The van der Waals surface area contributed by atoms with Gasteiger partial charge in [0.2, 0.25) is 0 Å². The van der Waals surface area contributed by atoms with Crippen LogP contribution in [0.1, 0.15) is 0 Å². The molecule has 1 aromatic heterocycles. The Hall–Kier alpha value is -1.78. The average molecular weight is 306 g/mol. The largest absolute Gasteiger partial charge is 0.493 e. The molecule has 0 fully saturated rings. The van der Waals surface area contributed by atoms with Gasteiger partial charge in [-0.3, -0.25) is 0 Å². The first-order chi connectivity index (χ1) is 9.74.